The number of carboxylic acid groups (broad SMARTS) is 1. The van der Waals surface area contributed by atoms with E-state index in [9.17, 15) is 14.0 Å². The molecule has 6 heteroatoms. The van der Waals surface area contributed by atoms with Crippen molar-refractivity contribution in [2.75, 3.05) is 7.05 Å². The summed E-state index contributed by atoms with van der Waals surface area (Å²) in [6.45, 7) is 2.87. The number of likely N-dealkylation sites (N-methyl/N-ethyl adjacent to an activating group) is 1. The van der Waals surface area contributed by atoms with E-state index in [4.69, 9.17) is 5.11 Å². The van der Waals surface area contributed by atoms with Gasteiger partial charge in [-0.1, -0.05) is 0 Å². The number of rotatable bonds is 3. The summed E-state index contributed by atoms with van der Waals surface area (Å²) in [6, 6.07) is 3.76. The second-order valence-electron chi connectivity index (χ2n) is 4.35. The molecule has 98 valence electrons. The maximum Gasteiger partial charge on any atom is 0.329 e. The summed E-state index contributed by atoms with van der Waals surface area (Å²) in [4.78, 5) is 24.4. The zero-order valence-corrected chi connectivity index (χ0v) is 12.4. The Morgan fingerprint density at radius 1 is 1.39 bits per heavy atom. The van der Waals surface area contributed by atoms with E-state index in [1.165, 1.54) is 39.1 Å². The Hall–Kier alpha value is -1.18. The predicted octanol–water partition coefficient (Wildman–Crippen LogP) is 2.37. The first-order valence-corrected chi connectivity index (χ1v) is 6.22. The Morgan fingerprint density at radius 3 is 2.39 bits per heavy atom. The molecule has 0 spiro atoms. The molecular formula is C12H13FINO3. The van der Waals surface area contributed by atoms with Crippen molar-refractivity contribution in [1.82, 2.24) is 4.90 Å². The quantitative estimate of drug-likeness (QED) is 0.837. The number of carbonyl (C=O) groups is 2. The van der Waals surface area contributed by atoms with E-state index in [0.717, 1.165) is 4.90 Å². The van der Waals surface area contributed by atoms with Crippen LogP contribution in [0, 0.1) is 9.39 Å². The van der Waals surface area contributed by atoms with Crippen LogP contribution in [-0.4, -0.2) is 34.5 Å². The lowest BCUT2D eigenvalue weighted by Crippen LogP contribution is -2.50. The molecule has 0 aliphatic carbocycles. The van der Waals surface area contributed by atoms with E-state index in [2.05, 4.69) is 0 Å². The lowest BCUT2D eigenvalue weighted by atomic mass is 10.0. The highest BCUT2D eigenvalue weighted by Crippen LogP contribution is 2.20. The molecule has 0 aromatic heterocycles. The van der Waals surface area contributed by atoms with Crippen molar-refractivity contribution in [3.8, 4) is 0 Å². The average Bonchev–Trinajstić information content (AvgIpc) is 2.26. The van der Waals surface area contributed by atoms with Gasteiger partial charge in [0.25, 0.3) is 5.91 Å². The SMILES string of the molecule is CN(C(=O)c1ccc(F)cc1I)C(C)(C)C(=O)O. The summed E-state index contributed by atoms with van der Waals surface area (Å²) in [5.41, 5.74) is -1.04. The van der Waals surface area contributed by atoms with E-state index in [1.807, 2.05) is 22.6 Å². The Kier molecular flexibility index (Phi) is 4.31. The number of benzene rings is 1. The van der Waals surface area contributed by atoms with Gasteiger partial charge >= 0.3 is 5.97 Å². The van der Waals surface area contributed by atoms with E-state index < -0.39 is 23.2 Å². The van der Waals surface area contributed by atoms with Crippen LogP contribution in [0.4, 0.5) is 4.39 Å². The number of amides is 1. The molecule has 0 aliphatic heterocycles. The largest absolute Gasteiger partial charge is 0.480 e. The number of halogens is 2. The van der Waals surface area contributed by atoms with Crippen LogP contribution >= 0.6 is 22.6 Å². The standard InChI is InChI=1S/C12H13FINO3/c1-12(2,11(17)18)15(3)10(16)8-5-4-7(13)6-9(8)14/h4-6H,1-3H3,(H,17,18). The minimum atomic E-state index is -1.32. The minimum absolute atomic E-state index is 0.286. The van der Waals surface area contributed by atoms with Gasteiger partial charge < -0.3 is 10.0 Å². The number of hydrogen-bond donors (Lipinski definition) is 1. The van der Waals surface area contributed by atoms with Crippen molar-refractivity contribution in [1.29, 1.82) is 0 Å². The van der Waals surface area contributed by atoms with Crippen LogP contribution in [0.3, 0.4) is 0 Å². The van der Waals surface area contributed by atoms with Gasteiger partial charge in [0.05, 0.1) is 5.56 Å². The van der Waals surface area contributed by atoms with E-state index >= 15 is 0 Å². The monoisotopic (exact) mass is 365 g/mol. The second-order valence-corrected chi connectivity index (χ2v) is 5.51. The van der Waals surface area contributed by atoms with Crippen LogP contribution in [0.25, 0.3) is 0 Å². The van der Waals surface area contributed by atoms with Gasteiger partial charge in [0, 0.05) is 10.6 Å². The molecule has 0 atom stereocenters. The number of nitrogens with zero attached hydrogens (tertiary/aromatic N) is 1. The molecule has 1 rings (SSSR count). The van der Waals surface area contributed by atoms with Gasteiger partial charge in [-0.05, 0) is 54.6 Å². The summed E-state index contributed by atoms with van der Waals surface area (Å²) in [7, 11) is 1.41. The molecule has 18 heavy (non-hydrogen) atoms. The molecule has 1 aromatic carbocycles. The van der Waals surface area contributed by atoms with E-state index in [0.29, 0.717) is 3.57 Å². The van der Waals surface area contributed by atoms with Gasteiger partial charge in [0.1, 0.15) is 11.4 Å². The molecular weight excluding hydrogens is 352 g/mol. The third-order valence-electron chi connectivity index (χ3n) is 2.83. The summed E-state index contributed by atoms with van der Waals surface area (Å²) in [5.74, 6) is -1.99. The molecule has 0 bridgehead atoms. The first kappa shape index (κ1) is 14.9. The number of aliphatic carboxylic acids is 1. The Morgan fingerprint density at radius 2 is 1.94 bits per heavy atom. The summed E-state index contributed by atoms with van der Waals surface area (Å²) in [5, 5.41) is 9.07. The van der Waals surface area contributed by atoms with Crippen molar-refractivity contribution >= 4 is 34.5 Å². The van der Waals surface area contributed by atoms with Crippen LogP contribution < -0.4 is 0 Å². The molecule has 0 radical (unpaired) electrons. The first-order valence-electron chi connectivity index (χ1n) is 5.14. The molecule has 1 aromatic rings. The highest BCUT2D eigenvalue weighted by Gasteiger charge is 2.36. The fraction of sp³-hybridized carbons (Fsp3) is 0.333. The topological polar surface area (TPSA) is 57.6 Å². The van der Waals surface area contributed by atoms with Gasteiger partial charge in [0.2, 0.25) is 0 Å². The average molecular weight is 365 g/mol. The Balaban J connectivity index is 3.11. The van der Waals surface area contributed by atoms with Crippen molar-refractivity contribution < 1.29 is 19.1 Å². The van der Waals surface area contributed by atoms with Crippen LogP contribution in [-0.2, 0) is 4.79 Å². The molecule has 0 saturated heterocycles. The van der Waals surface area contributed by atoms with Gasteiger partial charge in [-0.25, -0.2) is 9.18 Å². The van der Waals surface area contributed by atoms with Crippen LogP contribution in [0.2, 0.25) is 0 Å². The Bertz CT molecular complexity index is 502. The molecule has 0 saturated carbocycles. The van der Waals surface area contributed by atoms with Gasteiger partial charge in [0.15, 0.2) is 0 Å². The fourth-order valence-corrected chi connectivity index (χ4v) is 1.95. The fourth-order valence-electron chi connectivity index (χ4n) is 1.24. The van der Waals surface area contributed by atoms with Gasteiger partial charge in [-0.2, -0.15) is 0 Å². The number of hydrogen-bond acceptors (Lipinski definition) is 2. The summed E-state index contributed by atoms with van der Waals surface area (Å²) in [6.07, 6.45) is 0. The second kappa shape index (κ2) is 5.21. The third-order valence-corrected chi connectivity index (χ3v) is 3.72. The zero-order valence-electron chi connectivity index (χ0n) is 10.2. The van der Waals surface area contributed by atoms with Crippen molar-refractivity contribution in [3.05, 3.63) is 33.1 Å². The minimum Gasteiger partial charge on any atom is -0.480 e. The molecule has 4 nitrogen and oxygen atoms in total. The molecule has 1 amide bonds. The first-order chi connectivity index (χ1) is 8.17. The molecule has 0 heterocycles. The van der Waals surface area contributed by atoms with Crippen LogP contribution in [0.15, 0.2) is 18.2 Å². The maximum absolute atomic E-state index is 13.0. The van der Waals surface area contributed by atoms with Crippen molar-refractivity contribution in [2.45, 2.75) is 19.4 Å². The van der Waals surface area contributed by atoms with E-state index in [-0.39, 0.29) is 5.56 Å². The van der Waals surface area contributed by atoms with Gasteiger partial charge in [-0.3, -0.25) is 4.79 Å². The van der Waals surface area contributed by atoms with Crippen LogP contribution in [0.1, 0.15) is 24.2 Å². The smallest absolute Gasteiger partial charge is 0.329 e. The van der Waals surface area contributed by atoms with Crippen molar-refractivity contribution in [2.24, 2.45) is 0 Å². The van der Waals surface area contributed by atoms with E-state index in [1.54, 1.807) is 0 Å². The summed E-state index contributed by atoms with van der Waals surface area (Å²) < 4.78 is 13.4. The lowest BCUT2D eigenvalue weighted by Gasteiger charge is -2.31. The van der Waals surface area contributed by atoms with Crippen LogP contribution in [0.5, 0.6) is 0 Å². The lowest BCUT2D eigenvalue weighted by molar-refractivity contribution is -0.147. The zero-order chi connectivity index (χ0) is 14.1. The normalized spacial score (nSPS) is 11.2. The predicted molar refractivity (Wildman–Crippen MR) is 72.9 cm³/mol. The molecule has 1 N–H and O–H groups in total. The number of carbonyl (C=O) groups excluding carboxylic acids is 1. The molecule has 0 unspecified atom stereocenters. The highest BCUT2D eigenvalue weighted by molar-refractivity contribution is 14.1. The molecule has 0 aliphatic rings. The summed E-state index contributed by atoms with van der Waals surface area (Å²) >= 11 is 1.85. The maximum atomic E-state index is 13.0. The highest BCUT2D eigenvalue weighted by atomic mass is 127. The van der Waals surface area contributed by atoms with Crippen molar-refractivity contribution in [3.63, 3.8) is 0 Å². The number of carboxylic acids is 1. The third kappa shape index (κ3) is 2.80. The Labute approximate surface area is 118 Å². The van der Waals surface area contributed by atoms with Gasteiger partial charge in [-0.15, -0.1) is 0 Å². The molecule has 0 fully saturated rings.